The van der Waals surface area contributed by atoms with Crippen molar-refractivity contribution < 1.29 is 22.7 Å². The van der Waals surface area contributed by atoms with Gasteiger partial charge >= 0.3 is 6.09 Å². The van der Waals surface area contributed by atoms with Crippen LogP contribution in [0.15, 0.2) is 35.5 Å². The Hall–Kier alpha value is -3.87. The molecule has 0 radical (unpaired) electrons. The number of amides is 1. The zero-order valence-corrected chi connectivity index (χ0v) is 21.0. The Morgan fingerprint density at radius 1 is 1.28 bits per heavy atom. The average molecular weight is 500 g/mol. The molecule has 190 valence electrons. The highest BCUT2D eigenvalue weighted by molar-refractivity contribution is 5.78. The molecular formula is C26H28F3N5O2. The molecule has 1 amide bonds. The lowest BCUT2D eigenvalue weighted by Gasteiger charge is -2.18. The van der Waals surface area contributed by atoms with Gasteiger partial charge in [-0.15, -0.1) is 0 Å². The molecule has 3 rings (SSSR count). The number of nitrogens with zero attached hydrogens (tertiary/aromatic N) is 4. The first-order chi connectivity index (χ1) is 16.9. The summed E-state index contributed by atoms with van der Waals surface area (Å²) in [5.41, 5.74) is 0.216. The molecule has 3 aromatic rings. The van der Waals surface area contributed by atoms with Crippen LogP contribution in [0.1, 0.15) is 62.8 Å². The largest absolute Gasteiger partial charge is 0.444 e. The van der Waals surface area contributed by atoms with Gasteiger partial charge in [-0.3, -0.25) is 4.99 Å². The van der Waals surface area contributed by atoms with Gasteiger partial charge in [-0.2, -0.15) is 0 Å². The molecule has 0 unspecified atom stereocenters. The third-order valence-corrected chi connectivity index (χ3v) is 5.23. The van der Waals surface area contributed by atoms with Gasteiger partial charge in [0.1, 0.15) is 22.9 Å². The van der Waals surface area contributed by atoms with Crippen LogP contribution in [0.5, 0.6) is 0 Å². The first-order valence-electron chi connectivity index (χ1n) is 11.3. The summed E-state index contributed by atoms with van der Waals surface area (Å²) < 4.78 is 48.0. The van der Waals surface area contributed by atoms with Crippen molar-refractivity contribution in [2.75, 3.05) is 6.54 Å². The van der Waals surface area contributed by atoms with Gasteiger partial charge in [-0.1, -0.05) is 24.1 Å². The van der Waals surface area contributed by atoms with Crippen LogP contribution in [0.25, 0.3) is 10.9 Å². The summed E-state index contributed by atoms with van der Waals surface area (Å²) >= 11 is 0. The molecule has 2 aromatic heterocycles. The Bertz CT molecular complexity index is 1420. The number of nitrogens with one attached hydrogen (secondary N) is 1. The van der Waals surface area contributed by atoms with E-state index in [-0.39, 0.29) is 12.1 Å². The maximum Gasteiger partial charge on any atom is 0.408 e. The third-order valence-electron chi connectivity index (χ3n) is 5.23. The van der Waals surface area contributed by atoms with Crippen molar-refractivity contribution in [2.45, 2.75) is 52.7 Å². The fourth-order valence-corrected chi connectivity index (χ4v) is 3.40. The van der Waals surface area contributed by atoms with Crippen LogP contribution in [-0.2, 0) is 11.8 Å². The fourth-order valence-electron chi connectivity index (χ4n) is 3.40. The van der Waals surface area contributed by atoms with E-state index >= 15 is 0 Å². The molecule has 0 bridgehead atoms. The highest BCUT2D eigenvalue weighted by atomic mass is 19.3. The molecule has 0 saturated heterocycles. The van der Waals surface area contributed by atoms with E-state index in [1.54, 1.807) is 46.9 Å². The highest BCUT2D eigenvalue weighted by Crippen LogP contribution is 2.28. The molecule has 1 atom stereocenters. The first-order valence-corrected chi connectivity index (χ1v) is 11.3. The maximum atomic E-state index is 14.7. The monoisotopic (exact) mass is 499 g/mol. The van der Waals surface area contributed by atoms with Gasteiger partial charge in [0.2, 0.25) is 0 Å². The van der Waals surface area contributed by atoms with Crippen molar-refractivity contribution in [3.63, 3.8) is 0 Å². The summed E-state index contributed by atoms with van der Waals surface area (Å²) in [7, 11) is 1.82. The molecule has 0 aliphatic heterocycles. The second kappa shape index (κ2) is 10.8. The van der Waals surface area contributed by atoms with Gasteiger partial charge in [0.05, 0.1) is 29.9 Å². The summed E-state index contributed by atoms with van der Waals surface area (Å²) in [5.74, 6) is 5.35. The van der Waals surface area contributed by atoms with Crippen LogP contribution in [0.2, 0.25) is 0 Å². The third kappa shape index (κ3) is 6.42. The van der Waals surface area contributed by atoms with E-state index in [1.165, 1.54) is 12.1 Å². The molecule has 0 saturated carbocycles. The molecule has 7 nitrogen and oxygen atoms in total. The van der Waals surface area contributed by atoms with Crippen molar-refractivity contribution in [2.24, 2.45) is 12.0 Å². The minimum atomic E-state index is -2.92. The minimum Gasteiger partial charge on any atom is -0.444 e. The lowest BCUT2D eigenvalue weighted by Crippen LogP contribution is -2.32. The van der Waals surface area contributed by atoms with Gasteiger partial charge < -0.3 is 14.6 Å². The number of halogens is 3. The molecule has 1 N–H and O–H groups in total. The lowest BCUT2D eigenvalue weighted by atomic mass is 10.0. The zero-order valence-electron chi connectivity index (χ0n) is 21.0. The van der Waals surface area contributed by atoms with E-state index < -0.39 is 35.5 Å². The van der Waals surface area contributed by atoms with E-state index in [4.69, 9.17) is 4.74 Å². The van der Waals surface area contributed by atoms with Crippen LogP contribution in [0.3, 0.4) is 0 Å². The van der Waals surface area contributed by atoms with Crippen molar-refractivity contribution in [3.8, 4) is 11.8 Å². The zero-order chi connectivity index (χ0) is 26.6. The molecule has 10 heteroatoms. The van der Waals surface area contributed by atoms with Crippen molar-refractivity contribution in [3.05, 3.63) is 64.4 Å². The molecule has 0 aliphatic rings. The predicted octanol–water partition coefficient (Wildman–Crippen LogP) is 4.89. The standard InChI is InChI=1S/C26H28F3N5O2/c1-15(18-10-7-11-19(22(18)27)23(28)29)32-24-20-13-17(31-14-21(20)34(6)16(2)33-24)9-8-12-30-25(35)36-26(3,4)5/h7,10-11,13-15,23H,12H2,1-6H3,(H,30,35)/t15-/m1/s1. The van der Waals surface area contributed by atoms with Crippen LogP contribution in [-0.4, -0.2) is 32.8 Å². The van der Waals surface area contributed by atoms with Crippen LogP contribution in [0, 0.1) is 24.6 Å². The molecule has 0 spiro atoms. The number of carbonyl (C=O) groups is 1. The predicted molar refractivity (Wildman–Crippen MR) is 130 cm³/mol. The number of hydrogen-bond donors (Lipinski definition) is 1. The Balaban J connectivity index is 1.97. The number of alkyl carbamates (subject to hydrolysis) is 1. The molecule has 1 aromatic carbocycles. The van der Waals surface area contributed by atoms with Crippen molar-refractivity contribution >= 4 is 17.0 Å². The van der Waals surface area contributed by atoms with Crippen LogP contribution < -0.4 is 10.8 Å². The summed E-state index contributed by atoms with van der Waals surface area (Å²) in [6, 6.07) is 4.80. The van der Waals surface area contributed by atoms with Crippen molar-refractivity contribution in [1.29, 1.82) is 0 Å². The van der Waals surface area contributed by atoms with Crippen LogP contribution in [0.4, 0.5) is 18.0 Å². The number of alkyl halides is 2. The number of carbonyl (C=O) groups excluding carboxylic acids is 1. The van der Waals surface area contributed by atoms with Gasteiger partial charge in [0.25, 0.3) is 6.43 Å². The van der Waals surface area contributed by atoms with Gasteiger partial charge in [0, 0.05) is 18.0 Å². The van der Waals surface area contributed by atoms with E-state index in [1.807, 2.05) is 11.6 Å². The summed E-state index contributed by atoms with van der Waals surface area (Å²) in [4.78, 5) is 25.2. The summed E-state index contributed by atoms with van der Waals surface area (Å²) in [6.07, 6.45) is -1.88. The lowest BCUT2D eigenvalue weighted by molar-refractivity contribution is 0.0535. The average Bonchev–Trinajstić information content (AvgIpc) is 2.78. The molecule has 36 heavy (non-hydrogen) atoms. The second-order valence-corrected chi connectivity index (χ2v) is 9.14. The fraction of sp³-hybridized carbons (Fsp3) is 0.385. The minimum absolute atomic E-state index is 0.0518. The smallest absolute Gasteiger partial charge is 0.408 e. The molecule has 0 aliphatic carbocycles. The van der Waals surface area contributed by atoms with E-state index in [2.05, 4.69) is 32.1 Å². The number of pyridine rings is 1. The summed E-state index contributed by atoms with van der Waals surface area (Å²) in [5, 5.41) is 3.16. The molecule has 2 heterocycles. The number of aryl methyl sites for hydroxylation is 2. The number of hydrogen-bond acceptors (Lipinski definition) is 5. The topological polar surface area (TPSA) is 81.4 Å². The summed E-state index contributed by atoms with van der Waals surface area (Å²) in [6.45, 7) is 8.76. The maximum absolute atomic E-state index is 14.7. The Kier molecular flexibility index (Phi) is 8.03. The number of aromatic nitrogens is 3. The number of ether oxygens (including phenoxy) is 1. The van der Waals surface area contributed by atoms with E-state index in [9.17, 15) is 18.0 Å². The Labute approximate surface area is 207 Å². The SMILES string of the molecule is Cc1nc(=N[C@H](C)c2cccc(C(F)F)c2F)c2cc(C#CCNC(=O)OC(C)(C)C)ncc2n1C. The normalized spacial score (nSPS) is 12.9. The van der Waals surface area contributed by atoms with E-state index in [0.717, 1.165) is 6.07 Å². The first kappa shape index (κ1) is 26.7. The van der Waals surface area contributed by atoms with Crippen LogP contribution >= 0.6 is 0 Å². The Morgan fingerprint density at radius 3 is 2.64 bits per heavy atom. The van der Waals surface area contributed by atoms with E-state index in [0.29, 0.717) is 27.9 Å². The number of rotatable bonds is 4. The molecule has 0 fully saturated rings. The second-order valence-electron chi connectivity index (χ2n) is 9.14. The number of fused-ring (bicyclic) bond motifs is 1. The van der Waals surface area contributed by atoms with Gasteiger partial charge in [-0.25, -0.2) is 27.9 Å². The van der Waals surface area contributed by atoms with Crippen molar-refractivity contribution in [1.82, 2.24) is 19.9 Å². The highest BCUT2D eigenvalue weighted by Gasteiger charge is 2.19. The van der Waals surface area contributed by atoms with Gasteiger partial charge in [-0.05, 0) is 46.6 Å². The molecular weight excluding hydrogens is 471 g/mol. The van der Waals surface area contributed by atoms with Gasteiger partial charge in [0.15, 0.2) is 5.49 Å². The quantitative estimate of drug-likeness (QED) is 0.518. The number of benzene rings is 1. The Morgan fingerprint density at radius 2 is 1.97 bits per heavy atom.